The molecule has 1 saturated carbocycles. The highest BCUT2D eigenvalue weighted by molar-refractivity contribution is 7.91. The van der Waals surface area contributed by atoms with Gasteiger partial charge >= 0.3 is 0 Å². The molecule has 0 spiro atoms. The fraction of sp³-hybridized carbons (Fsp3) is 0.545. The van der Waals surface area contributed by atoms with Crippen molar-refractivity contribution in [1.82, 2.24) is 34.7 Å². The monoisotopic (exact) mass is 541 g/mol. The van der Waals surface area contributed by atoms with Crippen LogP contribution in [0.2, 0.25) is 5.02 Å². The van der Waals surface area contributed by atoms with Gasteiger partial charge in [-0.25, -0.2) is 32.2 Å². The van der Waals surface area contributed by atoms with E-state index in [-0.39, 0.29) is 17.5 Å². The smallest absolute Gasteiger partial charge is 0.242 e. The lowest BCUT2D eigenvalue weighted by Gasteiger charge is -2.35. The quantitative estimate of drug-likeness (QED) is 0.398. The second-order valence-corrected chi connectivity index (χ2v) is 11.7. The van der Waals surface area contributed by atoms with E-state index in [0.717, 1.165) is 0 Å². The van der Waals surface area contributed by atoms with Gasteiger partial charge in [0.1, 0.15) is 29.4 Å². The molecule has 14 heteroatoms. The lowest BCUT2D eigenvalue weighted by atomic mass is 9.73. The van der Waals surface area contributed by atoms with Crippen molar-refractivity contribution < 1.29 is 21.9 Å². The van der Waals surface area contributed by atoms with E-state index in [2.05, 4.69) is 30.1 Å². The first-order valence-electron chi connectivity index (χ1n) is 11.3. The Bertz CT molecular complexity index is 1340. The normalized spacial score (nSPS) is 19.7. The number of nitrogens with zero attached hydrogens (tertiary/aromatic N) is 7. The standard InChI is InChI=1S/C22H26ClF2N7O3S/c1-11(20-26-7-14(23)8-27-20)13(3)36(33,34)9-17-30-31-21(16-6-5-15(16)19(24)25)32(17)18-12(2)28-10-29-22(18)35-4/h7-8,10-11,13,15-16,19H,5-6,9H2,1-4H3/t11-,13-,15+,16+/m0/s1. The van der Waals surface area contributed by atoms with Gasteiger partial charge in [0.25, 0.3) is 0 Å². The molecule has 36 heavy (non-hydrogen) atoms. The Balaban J connectivity index is 1.76. The van der Waals surface area contributed by atoms with Crippen LogP contribution < -0.4 is 4.74 Å². The minimum atomic E-state index is -3.83. The number of methoxy groups -OCH3 is 1. The number of halogens is 3. The van der Waals surface area contributed by atoms with E-state index >= 15 is 0 Å². The zero-order valence-electron chi connectivity index (χ0n) is 20.1. The Hall–Kier alpha value is -2.80. The summed E-state index contributed by atoms with van der Waals surface area (Å²) in [7, 11) is -2.42. The maximum atomic E-state index is 13.6. The summed E-state index contributed by atoms with van der Waals surface area (Å²) in [5, 5.41) is 7.78. The number of aromatic nitrogens is 7. The third-order valence-corrected chi connectivity index (χ3v) is 9.17. The first-order chi connectivity index (χ1) is 17.0. The fourth-order valence-corrected chi connectivity index (χ4v) is 5.95. The van der Waals surface area contributed by atoms with Crippen LogP contribution >= 0.6 is 11.6 Å². The average molecular weight is 542 g/mol. The minimum Gasteiger partial charge on any atom is -0.479 e. The van der Waals surface area contributed by atoms with Gasteiger partial charge in [0.2, 0.25) is 12.3 Å². The van der Waals surface area contributed by atoms with Crippen molar-refractivity contribution in [1.29, 1.82) is 0 Å². The molecular formula is C22H26ClF2N7O3S. The second-order valence-electron chi connectivity index (χ2n) is 8.87. The summed E-state index contributed by atoms with van der Waals surface area (Å²) in [5.74, 6) is -1.72. The fourth-order valence-electron chi connectivity index (χ4n) is 4.30. The molecule has 0 radical (unpaired) electrons. The maximum absolute atomic E-state index is 13.6. The van der Waals surface area contributed by atoms with Gasteiger partial charge in [0, 0.05) is 30.1 Å². The molecule has 1 aliphatic rings. The molecule has 3 aromatic rings. The summed E-state index contributed by atoms with van der Waals surface area (Å²) in [6.45, 7) is 4.97. The summed E-state index contributed by atoms with van der Waals surface area (Å²) >= 11 is 5.85. The number of sulfone groups is 1. The van der Waals surface area contributed by atoms with Crippen LogP contribution in [0.4, 0.5) is 8.78 Å². The van der Waals surface area contributed by atoms with Crippen LogP contribution in [0, 0.1) is 12.8 Å². The van der Waals surface area contributed by atoms with Gasteiger partial charge in [-0.2, -0.15) is 4.98 Å². The van der Waals surface area contributed by atoms with Crippen LogP contribution in [0.15, 0.2) is 18.7 Å². The summed E-state index contributed by atoms with van der Waals surface area (Å²) in [6, 6.07) is 0. The Labute approximate surface area is 212 Å². The molecule has 4 atom stereocenters. The summed E-state index contributed by atoms with van der Waals surface area (Å²) in [4.78, 5) is 16.6. The molecule has 10 nitrogen and oxygen atoms in total. The van der Waals surface area contributed by atoms with Gasteiger partial charge in [-0.3, -0.25) is 4.57 Å². The molecule has 0 N–H and O–H groups in total. The molecule has 3 heterocycles. The van der Waals surface area contributed by atoms with Gasteiger partial charge in [-0.15, -0.1) is 10.2 Å². The van der Waals surface area contributed by atoms with Crippen molar-refractivity contribution in [2.45, 2.75) is 62.9 Å². The van der Waals surface area contributed by atoms with Gasteiger partial charge in [0.05, 0.1) is 23.1 Å². The molecule has 0 amide bonds. The Morgan fingerprint density at radius 3 is 2.42 bits per heavy atom. The van der Waals surface area contributed by atoms with Crippen molar-refractivity contribution >= 4 is 21.4 Å². The number of rotatable bonds is 9. The molecule has 4 rings (SSSR count). The first-order valence-corrected chi connectivity index (χ1v) is 13.4. The van der Waals surface area contributed by atoms with Crippen molar-refractivity contribution in [3.05, 3.63) is 46.9 Å². The highest BCUT2D eigenvalue weighted by Gasteiger charge is 2.43. The molecule has 1 fully saturated rings. The summed E-state index contributed by atoms with van der Waals surface area (Å²) < 4.78 is 61.1. The molecule has 0 aliphatic heterocycles. The van der Waals surface area contributed by atoms with Gasteiger partial charge in [0.15, 0.2) is 15.7 Å². The van der Waals surface area contributed by atoms with Crippen molar-refractivity contribution in [3.63, 3.8) is 0 Å². The topological polar surface area (TPSA) is 126 Å². The zero-order valence-corrected chi connectivity index (χ0v) is 21.7. The minimum absolute atomic E-state index is 0.0668. The molecule has 0 unspecified atom stereocenters. The number of aryl methyl sites for hydroxylation is 1. The van der Waals surface area contributed by atoms with Crippen LogP contribution in [0.5, 0.6) is 5.88 Å². The molecule has 1 aliphatic carbocycles. The van der Waals surface area contributed by atoms with E-state index in [4.69, 9.17) is 16.3 Å². The predicted octanol–water partition coefficient (Wildman–Crippen LogP) is 3.68. The molecule has 0 saturated heterocycles. The zero-order chi connectivity index (χ0) is 26.2. The third kappa shape index (κ3) is 4.90. The van der Waals surface area contributed by atoms with E-state index in [9.17, 15) is 17.2 Å². The SMILES string of the molecule is COc1ncnc(C)c1-n1c(CS(=O)(=O)[C@@H](C)[C@H](C)c2ncc(Cl)cn2)nnc1[C@@H]1CC[C@H]1C(F)F. The first kappa shape index (κ1) is 26.3. The van der Waals surface area contributed by atoms with Crippen LogP contribution in [0.1, 0.15) is 61.7 Å². The Kier molecular flexibility index (Phi) is 7.51. The number of ether oxygens (including phenoxy) is 1. The summed E-state index contributed by atoms with van der Waals surface area (Å²) in [6.07, 6.45) is 2.42. The van der Waals surface area contributed by atoms with Gasteiger partial charge < -0.3 is 4.74 Å². The Morgan fingerprint density at radius 1 is 1.14 bits per heavy atom. The molecular weight excluding hydrogens is 516 g/mol. The molecule has 194 valence electrons. The Morgan fingerprint density at radius 2 is 1.83 bits per heavy atom. The maximum Gasteiger partial charge on any atom is 0.242 e. The van der Waals surface area contributed by atoms with Crippen LogP contribution in [-0.4, -0.2) is 61.9 Å². The van der Waals surface area contributed by atoms with E-state index in [1.807, 2.05) is 0 Å². The van der Waals surface area contributed by atoms with Gasteiger partial charge in [-0.1, -0.05) is 18.5 Å². The lowest BCUT2D eigenvalue weighted by molar-refractivity contribution is 0.0138. The molecule has 0 bridgehead atoms. The lowest BCUT2D eigenvalue weighted by Crippen LogP contribution is -2.32. The van der Waals surface area contributed by atoms with Crippen molar-refractivity contribution in [2.75, 3.05) is 7.11 Å². The molecule has 3 aromatic heterocycles. The van der Waals surface area contributed by atoms with Crippen LogP contribution in [-0.2, 0) is 15.6 Å². The highest BCUT2D eigenvalue weighted by atomic mass is 35.5. The van der Waals surface area contributed by atoms with E-state index in [1.54, 1.807) is 20.8 Å². The number of hydrogen-bond acceptors (Lipinski definition) is 9. The predicted molar refractivity (Wildman–Crippen MR) is 127 cm³/mol. The third-order valence-electron chi connectivity index (χ3n) is 6.78. The average Bonchev–Trinajstić information content (AvgIpc) is 3.18. The number of hydrogen-bond donors (Lipinski definition) is 0. The van der Waals surface area contributed by atoms with Crippen LogP contribution in [0.25, 0.3) is 5.69 Å². The van der Waals surface area contributed by atoms with E-state index in [0.29, 0.717) is 35.1 Å². The number of alkyl halides is 2. The second kappa shape index (κ2) is 10.3. The highest BCUT2D eigenvalue weighted by Crippen LogP contribution is 2.46. The van der Waals surface area contributed by atoms with E-state index < -0.39 is 45.0 Å². The van der Waals surface area contributed by atoms with Gasteiger partial charge in [-0.05, 0) is 26.7 Å². The molecule has 0 aromatic carbocycles. The van der Waals surface area contributed by atoms with Crippen molar-refractivity contribution in [2.24, 2.45) is 5.92 Å². The van der Waals surface area contributed by atoms with Crippen LogP contribution in [0.3, 0.4) is 0 Å². The summed E-state index contributed by atoms with van der Waals surface area (Å²) in [5.41, 5.74) is 0.789. The largest absolute Gasteiger partial charge is 0.479 e. The van der Waals surface area contributed by atoms with E-state index in [1.165, 1.54) is 30.4 Å². The van der Waals surface area contributed by atoms with Crippen molar-refractivity contribution in [3.8, 4) is 11.6 Å².